The van der Waals surface area contributed by atoms with Crippen molar-refractivity contribution in [3.63, 3.8) is 0 Å². The van der Waals surface area contributed by atoms with Gasteiger partial charge in [-0.25, -0.2) is 0 Å². The fraction of sp³-hybridized carbons (Fsp3) is 0.526. The minimum Gasteiger partial charge on any atom is -0.354 e. The molecule has 1 saturated heterocycles. The SMILES string of the molecule is O=C(NCCc1csc2ccccc12)C1CC2CCCCC2N1. The Morgan fingerprint density at radius 1 is 1.26 bits per heavy atom. The average molecular weight is 328 g/mol. The van der Waals surface area contributed by atoms with Gasteiger partial charge in [0.25, 0.3) is 0 Å². The summed E-state index contributed by atoms with van der Waals surface area (Å²) in [6, 6.07) is 9.11. The summed E-state index contributed by atoms with van der Waals surface area (Å²) in [5.41, 5.74) is 1.35. The number of rotatable bonds is 4. The molecule has 0 bridgehead atoms. The van der Waals surface area contributed by atoms with E-state index in [9.17, 15) is 4.79 Å². The molecule has 3 unspecified atom stereocenters. The summed E-state index contributed by atoms with van der Waals surface area (Å²) >= 11 is 1.79. The minimum absolute atomic E-state index is 0.0299. The zero-order chi connectivity index (χ0) is 15.6. The second-order valence-corrected chi connectivity index (χ2v) is 7.82. The van der Waals surface area contributed by atoms with Crippen LogP contribution in [0.5, 0.6) is 0 Å². The predicted octanol–water partition coefficient (Wildman–Crippen LogP) is 3.48. The molecule has 1 amide bonds. The smallest absolute Gasteiger partial charge is 0.237 e. The van der Waals surface area contributed by atoms with Gasteiger partial charge in [0.15, 0.2) is 0 Å². The number of carbonyl (C=O) groups is 1. The summed E-state index contributed by atoms with van der Waals surface area (Å²) in [5.74, 6) is 0.916. The van der Waals surface area contributed by atoms with Gasteiger partial charge < -0.3 is 10.6 Å². The van der Waals surface area contributed by atoms with Gasteiger partial charge >= 0.3 is 0 Å². The molecule has 0 radical (unpaired) electrons. The standard InChI is InChI=1S/C19H24N2OS/c22-19(17-11-13-5-1-3-7-16(13)21-17)20-10-9-14-12-23-18-8-4-2-6-15(14)18/h2,4,6,8,12-13,16-17,21H,1,3,5,7,9-11H2,(H,20,22). The van der Waals surface area contributed by atoms with Gasteiger partial charge in [-0.3, -0.25) is 4.79 Å². The van der Waals surface area contributed by atoms with Crippen LogP contribution in [0.2, 0.25) is 0 Å². The lowest BCUT2D eigenvalue weighted by atomic mass is 9.85. The molecule has 0 spiro atoms. The van der Waals surface area contributed by atoms with E-state index in [1.807, 2.05) is 0 Å². The molecule has 2 aromatic rings. The van der Waals surface area contributed by atoms with Crippen molar-refractivity contribution in [1.82, 2.24) is 10.6 Å². The molecule has 122 valence electrons. The summed E-state index contributed by atoms with van der Waals surface area (Å²) in [7, 11) is 0. The highest BCUT2D eigenvalue weighted by Crippen LogP contribution is 2.33. The summed E-state index contributed by atoms with van der Waals surface area (Å²) < 4.78 is 1.33. The second kappa shape index (κ2) is 6.62. The molecule has 3 nitrogen and oxygen atoms in total. The summed E-state index contributed by atoms with van der Waals surface area (Å²) in [5, 5.41) is 10.2. The first-order chi connectivity index (χ1) is 11.3. The first-order valence-corrected chi connectivity index (χ1v) is 9.68. The second-order valence-electron chi connectivity index (χ2n) is 6.90. The third-order valence-electron chi connectivity index (χ3n) is 5.43. The molecule has 4 rings (SSSR count). The van der Waals surface area contributed by atoms with Crippen LogP contribution in [0.15, 0.2) is 29.6 Å². The van der Waals surface area contributed by atoms with Crippen LogP contribution in [0.25, 0.3) is 10.1 Å². The lowest BCUT2D eigenvalue weighted by Crippen LogP contribution is -2.43. The molecule has 1 aromatic carbocycles. The van der Waals surface area contributed by atoms with Crippen molar-refractivity contribution >= 4 is 27.3 Å². The third-order valence-corrected chi connectivity index (χ3v) is 6.45. The maximum atomic E-state index is 12.4. The highest BCUT2D eigenvalue weighted by Gasteiger charge is 2.37. The maximum Gasteiger partial charge on any atom is 0.237 e. The van der Waals surface area contributed by atoms with E-state index in [0.29, 0.717) is 6.04 Å². The Morgan fingerprint density at radius 3 is 3.04 bits per heavy atom. The Morgan fingerprint density at radius 2 is 2.13 bits per heavy atom. The van der Waals surface area contributed by atoms with Crippen LogP contribution in [0.3, 0.4) is 0 Å². The molecule has 3 atom stereocenters. The molecule has 2 heterocycles. The highest BCUT2D eigenvalue weighted by atomic mass is 32.1. The number of hydrogen-bond donors (Lipinski definition) is 2. The normalized spacial score (nSPS) is 27.0. The number of carbonyl (C=O) groups excluding carboxylic acids is 1. The third kappa shape index (κ3) is 3.15. The molecular formula is C19H24N2OS. The first-order valence-electron chi connectivity index (χ1n) is 8.80. The Bertz CT molecular complexity index is 681. The number of nitrogens with one attached hydrogen (secondary N) is 2. The lowest BCUT2D eigenvalue weighted by molar-refractivity contribution is -0.122. The molecular weight excluding hydrogens is 304 g/mol. The van der Waals surface area contributed by atoms with E-state index in [0.717, 1.165) is 25.3 Å². The van der Waals surface area contributed by atoms with Gasteiger partial charge in [0.05, 0.1) is 6.04 Å². The van der Waals surface area contributed by atoms with Crippen LogP contribution in [-0.2, 0) is 11.2 Å². The van der Waals surface area contributed by atoms with Gasteiger partial charge in [-0.2, -0.15) is 0 Å². The van der Waals surface area contributed by atoms with E-state index in [4.69, 9.17) is 0 Å². The monoisotopic (exact) mass is 328 g/mol. The van der Waals surface area contributed by atoms with Crippen LogP contribution < -0.4 is 10.6 Å². The summed E-state index contributed by atoms with van der Waals surface area (Å²) in [6.07, 6.45) is 7.13. The van der Waals surface area contributed by atoms with Gasteiger partial charge in [0.2, 0.25) is 5.91 Å². The largest absolute Gasteiger partial charge is 0.354 e. The van der Waals surface area contributed by atoms with Gasteiger partial charge in [0.1, 0.15) is 0 Å². The Balaban J connectivity index is 1.30. The van der Waals surface area contributed by atoms with E-state index in [1.165, 1.54) is 41.3 Å². The fourth-order valence-electron chi connectivity index (χ4n) is 4.19. The van der Waals surface area contributed by atoms with E-state index < -0.39 is 0 Å². The van der Waals surface area contributed by atoms with E-state index in [-0.39, 0.29) is 11.9 Å². The van der Waals surface area contributed by atoms with Gasteiger partial charge in [-0.05, 0) is 54.0 Å². The molecule has 4 heteroatoms. The van der Waals surface area contributed by atoms with Gasteiger partial charge in [-0.1, -0.05) is 31.0 Å². The van der Waals surface area contributed by atoms with E-state index in [2.05, 4.69) is 40.3 Å². The van der Waals surface area contributed by atoms with Crippen molar-refractivity contribution in [3.05, 3.63) is 35.2 Å². The van der Waals surface area contributed by atoms with Crippen molar-refractivity contribution in [2.75, 3.05) is 6.54 Å². The van der Waals surface area contributed by atoms with Crippen molar-refractivity contribution < 1.29 is 4.79 Å². The van der Waals surface area contributed by atoms with Crippen LogP contribution in [0, 0.1) is 5.92 Å². The Hall–Kier alpha value is -1.39. The summed E-state index contributed by atoms with van der Waals surface area (Å²) in [4.78, 5) is 12.4. The van der Waals surface area contributed by atoms with E-state index in [1.54, 1.807) is 11.3 Å². The number of thiophene rings is 1. The van der Waals surface area contributed by atoms with Crippen LogP contribution in [0.4, 0.5) is 0 Å². The first kappa shape index (κ1) is 15.2. The molecule has 1 aliphatic carbocycles. The molecule has 2 N–H and O–H groups in total. The van der Waals surface area contributed by atoms with Crippen LogP contribution >= 0.6 is 11.3 Å². The fourth-order valence-corrected chi connectivity index (χ4v) is 5.19. The minimum atomic E-state index is 0.0299. The molecule has 2 aliphatic rings. The Labute approximate surface area is 141 Å². The number of amides is 1. The molecule has 1 aromatic heterocycles. The quantitative estimate of drug-likeness (QED) is 0.902. The van der Waals surface area contributed by atoms with Gasteiger partial charge in [0, 0.05) is 17.3 Å². The van der Waals surface area contributed by atoms with Gasteiger partial charge in [-0.15, -0.1) is 11.3 Å². The van der Waals surface area contributed by atoms with Crippen molar-refractivity contribution in [2.45, 2.75) is 50.6 Å². The zero-order valence-electron chi connectivity index (χ0n) is 13.4. The van der Waals surface area contributed by atoms with Crippen molar-refractivity contribution in [3.8, 4) is 0 Å². The van der Waals surface area contributed by atoms with E-state index >= 15 is 0 Å². The number of benzene rings is 1. The van der Waals surface area contributed by atoms with Crippen LogP contribution in [0.1, 0.15) is 37.7 Å². The van der Waals surface area contributed by atoms with Crippen molar-refractivity contribution in [1.29, 1.82) is 0 Å². The van der Waals surface area contributed by atoms with Crippen LogP contribution in [-0.4, -0.2) is 24.5 Å². The molecule has 1 saturated carbocycles. The lowest BCUT2D eigenvalue weighted by Gasteiger charge is -2.24. The topological polar surface area (TPSA) is 41.1 Å². The zero-order valence-corrected chi connectivity index (χ0v) is 14.2. The predicted molar refractivity (Wildman–Crippen MR) is 95.8 cm³/mol. The summed E-state index contributed by atoms with van der Waals surface area (Å²) in [6.45, 7) is 0.729. The number of fused-ring (bicyclic) bond motifs is 2. The molecule has 2 fully saturated rings. The molecule has 1 aliphatic heterocycles. The molecule has 23 heavy (non-hydrogen) atoms. The van der Waals surface area contributed by atoms with Crippen molar-refractivity contribution in [2.24, 2.45) is 5.92 Å². The Kier molecular flexibility index (Phi) is 4.36. The maximum absolute atomic E-state index is 12.4. The number of hydrogen-bond acceptors (Lipinski definition) is 3. The average Bonchev–Trinajstić information content (AvgIpc) is 3.19. The highest BCUT2D eigenvalue weighted by molar-refractivity contribution is 7.17.